The Morgan fingerprint density at radius 1 is 1.15 bits per heavy atom. The number of rotatable bonds is 5. The molecule has 0 aliphatic heterocycles. The van der Waals surface area contributed by atoms with Gasteiger partial charge < -0.3 is 15.8 Å². The molecule has 0 saturated heterocycles. The summed E-state index contributed by atoms with van der Waals surface area (Å²) in [5, 5.41) is 11.5. The van der Waals surface area contributed by atoms with Crippen molar-refractivity contribution >= 4 is 40.5 Å². The third-order valence-electron chi connectivity index (χ3n) is 4.08. The van der Waals surface area contributed by atoms with Crippen LogP contribution in [-0.4, -0.2) is 27.3 Å². The second-order valence-electron chi connectivity index (χ2n) is 5.93. The van der Waals surface area contributed by atoms with Gasteiger partial charge in [-0.2, -0.15) is 10.1 Å². The second-order valence-corrected chi connectivity index (χ2v) is 5.93. The van der Waals surface area contributed by atoms with Crippen molar-refractivity contribution in [3.63, 3.8) is 0 Å². The number of ether oxygens (including phenoxy) is 1. The maximum atomic E-state index is 5.65. The van der Waals surface area contributed by atoms with Gasteiger partial charge >= 0.3 is 0 Å². The maximum absolute atomic E-state index is 5.65. The van der Waals surface area contributed by atoms with Gasteiger partial charge in [0.05, 0.1) is 18.8 Å². The molecule has 4 N–H and O–H groups in total. The van der Waals surface area contributed by atoms with Crippen molar-refractivity contribution in [3.8, 4) is 5.75 Å². The second kappa shape index (κ2) is 7.17. The molecule has 134 valence electrons. The number of fused-ring (bicyclic) bond motifs is 1. The molecule has 0 saturated carbocycles. The van der Waals surface area contributed by atoms with Gasteiger partial charge in [-0.15, -0.1) is 0 Å². The summed E-state index contributed by atoms with van der Waals surface area (Å²) < 4.78 is 5.28. The zero-order valence-electron chi connectivity index (χ0n) is 14.7. The Morgan fingerprint density at radius 2 is 2.07 bits per heavy atom. The van der Waals surface area contributed by atoms with Crippen molar-refractivity contribution < 1.29 is 4.74 Å². The van der Waals surface area contributed by atoms with Crippen molar-refractivity contribution in [2.24, 2.45) is 0 Å². The van der Waals surface area contributed by atoms with Crippen molar-refractivity contribution in [3.05, 3.63) is 66.0 Å². The van der Waals surface area contributed by atoms with Crippen LogP contribution >= 0.6 is 0 Å². The van der Waals surface area contributed by atoms with Gasteiger partial charge in [0.2, 0.25) is 5.95 Å². The van der Waals surface area contributed by atoms with Crippen LogP contribution in [0, 0.1) is 0 Å². The van der Waals surface area contributed by atoms with Crippen LogP contribution in [0.25, 0.3) is 23.1 Å². The first-order valence-electron chi connectivity index (χ1n) is 8.36. The van der Waals surface area contributed by atoms with Crippen LogP contribution in [0.15, 0.2) is 54.9 Å². The van der Waals surface area contributed by atoms with Gasteiger partial charge in [0.15, 0.2) is 0 Å². The number of H-pyrrole nitrogens is 1. The maximum Gasteiger partial charge on any atom is 0.221 e. The van der Waals surface area contributed by atoms with E-state index in [2.05, 4.69) is 25.5 Å². The van der Waals surface area contributed by atoms with Crippen LogP contribution in [0.4, 0.5) is 17.5 Å². The number of anilines is 3. The minimum absolute atomic E-state index is 0.225. The summed E-state index contributed by atoms with van der Waals surface area (Å²) >= 11 is 0. The molecule has 0 amide bonds. The van der Waals surface area contributed by atoms with Gasteiger partial charge in [0.1, 0.15) is 11.6 Å². The van der Waals surface area contributed by atoms with E-state index in [1.807, 2.05) is 48.6 Å². The predicted octanol–water partition coefficient (Wildman–Crippen LogP) is 3.86. The van der Waals surface area contributed by atoms with E-state index in [1.54, 1.807) is 25.6 Å². The lowest BCUT2D eigenvalue weighted by Crippen LogP contribution is -1.99. The molecule has 7 nitrogen and oxygen atoms in total. The number of aromatic amines is 1. The molecule has 0 unspecified atom stereocenters. The number of benzene rings is 2. The van der Waals surface area contributed by atoms with E-state index < -0.39 is 0 Å². The molecule has 0 aliphatic rings. The zero-order chi connectivity index (χ0) is 18.6. The number of nitrogen functional groups attached to an aromatic ring is 1. The van der Waals surface area contributed by atoms with E-state index in [9.17, 15) is 0 Å². The van der Waals surface area contributed by atoms with E-state index in [0.29, 0.717) is 5.82 Å². The number of nitrogens with zero attached hydrogens (tertiary/aromatic N) is 3. The van der Waals surface area contributed by atoms with E-state index in [0.717, 1.165) is 33.5 Å². The fourth-order valence-electron chi connectivity index (χ4n) is 2.81. The van der Waals surface area contributed by atoms with E-state index in [1.165, 1.54) is 0 Å². The standard InChI is InChI=1S/C20H18N6O/c1-27-17-4-2-3-13(9-17)5-6-14-10-16(11-15-12-23-26-19(14)15)24-18-7-8-22-20(21)25-18/h2-12H,1H3,(H,23,26)(H3,21,22,24,25)/b6-5+. The third-order valence-corrected chi connectivity index (χ3v) is 4.08. The molecule has 2 aromatic carbocycles. The number of nitrogens with two attached hydrogens (primary N) is 1. The van der Waals surface area contributed by atoms with Gasteiger partial charge in [0, 0.05) is 22.8 Å². The number of nitrogens with one attached hydrogen (secondary N) is 2. The summed E-state index contributed by atoms with van der Waals surface area (Å²) in [7, 11) is 1.66. The summed E-state index contributed by atoms with van der Waals surface area (Å²) in [5.74, 6) is 1.68. The summed E-state index contributed by atoms with van der Waals surface area (Å²) in [6, 6.07) is 13.7. The first-order chi connectivity index (χ1) is 13.2. The molecule has 2 aromatic heterocycles. The molecule has 27 heavy (non-hydrogen) atoms. The van der Waals surface area contributed by atoms with Gasteiger partial charge in [0.25, 0.3) is 0 Å². The monoisotopic (exact) mass is 358 g/mol. The van der Waals surface area contributed by atoms with Crippen LogP contribution in [0.5, 0.6) is 5.75 Å². The lowest BCUT2D eigenvalue weighted by molar-refractivity contribution is 0.414. The van der Waals surface area contributed by atoms with Crippen molar-refractivity contribution in [1.82, 2.24) is 20.2 Å². The quantitative estimate of drug-likeness (QED) is 0.468. The van der Waals surface area contributed by atoms with Gasteiger partial charge in [-0.25, -0.2) is 4.98 Å². The molecular formula is C20H18N6O. The molecule has 0 aliphatic carbocycles. The van der Waals surface area contributed by atoms with Crippen molar-refractivity contribution in [2.45, 2.75) is 0 Å². The van der Waals surface area contributed by atoms with Gasteiger partial charge in [-0.05, 0) is 35.9 Å². The fourth-order valence-corrected chi connectivity index (χ4v) is 2.81. The van der Waals surface area contributed by atoms with Crippen LogP contribution in [-0.2, 0) is 0 Å². The Bertz CT molecular complexity index is 1120. The molecule has 4 rings (SSSR count). The third kappa shape index (κ3) is 3.72. The Morgan fingerprint density at radius 3 is 2.93 bits per heavy atom. The van der Waals surface area contributed by atoms with Gasteiger partial charge in [-0.3, -0.25) is 5.10 Å². The summed E-state index contributed by atoms with van der Waals surface area (Å²) in [6.07, 6.45) is 7.47. The SMILES string of the molecule is COc1cccc(/C=C/c2cc(Nc3ccnc(N)n3)cc3cn[nH]c23)c1. The topological polar surface area (TPSA) is 102 Å². The van der Waals surface area contributed by atoms with Crippen molar-refractivity contribution in [1.29, 1.82) is 0 Å². The lowest BCUT2D eigenvalue weighted by Gasteiger charge is -2.08. The van der Waals surface area contributed by atoms with E-state index in [-0.39, 0.29) is 5.95 Å². The highest BCUT2D eigenvalue weighted by atomic mass is 16.5. The Kier molecular flexibility index (Phi) is 4.40. The average molecular weight is 358 g/mol. The predicted molar refractivity (Wildman–Crippen MR) is 108 cm³/mol. The summed E-state index contributed by atoms with van der Waals surface area (Å²) in [6.45, 7) is 0. The highest BCUT2D eigenvalue weighted by Crippen LogP contribution is 2.26. The number of hydrogen-bond donors (Lipinski definition) is 3. The van der Waals surface area contributed by atoms with E-state index >= 15 is 0 Å². The largest absolute Gasteiger partial charge is 0.497 e. The minimum atomic E-state index is 0.225. The molecule has 0 radical (unpaired) electrons. The normalized spacial score (nSPS) is 11.1. The van der Waals surface area contributed by atoms with Crippen molar-refractivity contribution in [2.75, 3.05) is 18.2 Å². The first kappa shape index (κ1) is 16.6. The lowest BCUT2D eigenvalue weighted by atomic mass is 10.1. The molecular weight excluding hydrogens is 340 g/mol. The Balaban J connectivity index is 1.69. The van der Waals surface area contributed by atoms with Crippen LogP contribution in [0.3, 0.4) is 0 Å². The van der Waals surface area contributed by atoms with Crippen LogP contribution in [0.1, 0.15) is 11.1 Å². The number of methoxy groups -OCH3 is 1. The van der Waals surface area contributed by atoms with Gasteiger partial charge in [-0.1, -0.05) is 24.3 Å². The number of hydrogen-bond acceptors (Lipinski definition) is 6. The molecule has 7 heteroatoms. The molecule has 0 spiro atoms. The summed E-state index contributed by atoms with van der Waals surface area (Å²) in [4.78, 5) is 8.09. The van der Waals surface area contributed by atoms with E-state index in [4.69, 9.17) is 10.5 Å². The smallest absolute Gasteiger partial charge is 0.221 e. The zero-order valence-corrected chi connectivity index (χ0v) is 14.7. The molecule has 0 atom stereocenters. The minimum Gasteiger partial charge on any atom is -0.497 e. The average Bonchev–Trinajstić information content (AvgIpc) is 3.15. The first-order valence-corrected chi connectivity index (χ1v) is 8.36. The van der Waals surface area contributed by atoms with Crippen LogP contribution < -0.4 is 15.8 Å². The highest BCUT2D eigenvalue weighted by molar-refractivity contribution is 5.93. The highest BCUT2D eigenvalue weighted by Gasteiger charge is 2.06. The molecule has 0 bridgehead atoms. The molecule has 4 aromatic rings. The fraction of sp³-hybridized carbons (Fsp3) is 0.0500. The van der Waals surface area contributed by atoms with Crippen LogP contribution in [0.2, 0.25) is 0 Å². The molecule has 2 heterocycles. The number of aromatic nitrogens is 4. The molecule has 0 fully saturated rings. The Hall–Kier alpha value is -3.87. The summed E-state index contributed by atoms with van der Waals surface area (Å²) in [5.41, 5.74) is 9.54. The Labute approximate surface area is 155 Å².